The van der Waals surface area contributed by atoms with Crippen LogP contribution in [0.3, 0.4) is 0 Å². The fraction of sp³-hybridized carbons (Fsp3) is 0.578. The average molecular weight is 740 g/mol. The molecule has 0 rings (SSSR count). The number of carbonyl (C=O) groups excluding carboxylic acids is 1. The van der Waals surface area contributed by atoms with Gasteiger partial charge in [0.2, 0.25) is 5.91 Å². The first-order valence-corrected chi connectivity index (χ1v) is 21.7. The van der Waals surface area contributed by atoms with Crippen molar-refractivity contribution in [2.75, 3.05) is 5.75 Å². The van der Waals surface area contributed by atoms with E-state index < -0.39 is 28.0 Å². The summed E-state index contributed by atoms with van der Waals surface area (Å²) in [5.41, 5.74) is 0. The van der Waals surface area contributed by atoms with Gasteiger partial charge < -0.3 is 10.4 Å². The zero-order valence-corrected chi connectivity index (χ0v) is 33.4. The van der Waals surface area contributed by atoms with Gasteiger partial charge in [-0.2, -0.15) is 8.42 Å². The summed E-state index contributed by atoms with van der Waals surface area (Å²) in [6.45, 7) is 4.37. The molecule has 1 amide bonds. The number of amides is 1. The molecule has 0 heterocycles. The van der Waals surface area contributed by atoms with Gasteiger partial charge in [0.05, 0.1) is 17.9 Å². The van der Waals surface area contributed by atoms with Crippen molar-refractivity contribution in [1.29, 1.82) is 0 Å². The van der Waals surface area contributed by atoms with Crippen molar-refractivity contribution in [1.82, 2.24) is 5.32 Å². The number of aliphatic hydroxyl groups excluding tert-OH is 1. The summed E-state index contributed by atoms with van der Waals surface area (Å²) < 4.78 is 32.4. The Labute approximate surface area is 319 Å². The molecule has 2 atom stereocenters. The van der Waals surface area contributed by atoms with E-state index in [1.807, 2.05) is 0 Å². The molecule has 2 unspecified atom stereocenters. The van der Waals surface area contributed by atoms with Crippen molar-refractivity contribution in [3.63, 3.8) is 0 Å². The first-order chi connectivity index (χ1) is 25.3. The van der Waals surface area contributed by atoms with Gasteiger partial charge in [0.1, 0.15) is 0 Å². The lowest BCUT2D eigenvalue weighted by atomic mass is 10.1. The molecule has 0 aromatic rings. The fourth-order valence-corrected chi connectivity index (χ4v) is 5.92. The third-order valence-corrected chi connectivity index (χ3v) is 8.94. The number of aliphatic hydroxyl groups is 1. The average Bonchev–Trinajstić information content (AvgIpc) is 3.11. The second-order valence-electron chi connectivity index (χ2n) is 13.2. The molecule has 0 fully saturated rings. The van der Waals surface area contributed by atoms with E-state index in [-0.39, 0.29) is 12.3 Å². The van der Waals surface area contributed by atoms with Crippen molar-refractivity contribution in [3.8, 4) is 0 Å². The number of hydrogen-bond donors (Lipinski definition) is 3. The highest BCUT2D eigenvalue weighted by Gasteiger charge is 2.24. The minimum atomic E-state index is -4.37. The molecular weight excluding hydrogens is 667 g/mol. The third kappa shape index (κ3) is 38.2. The van der Waals surface area contributed by atoms with Gasteiger partial charge in [0, 0.05) is 6.42 Å². The van der Waals surface area contributed by atoms with Crippen LogP contribution in [-0.4, -0.2) is 41.9 Å². The van der Waals surface area contributed by atoms with Crippen LogP contribution in [0.25, 0.3) is 0 Å². The monoisotopic (exact) mass is 740 g/mol. The lowest BCUT2D eigenvalue weighted by Crippen LogP contribution is -2.46. The van der Waals surface area contributed by atoms with Crippen LogP contribution in [0.15, 0.2) is 109 Å². The standard InChI is InChI=1S/C45H73NO5S/c1-3-5-7-9-11-13-15-17-19-20-21-22-23-24-25-26-27-29-31-33-35-37-39-41-45(48)46-43(42-52(49,50)51)44(47)40-38-36-34-32-30-28-18-16-14-12-10-8-6-4-2/h5,7,11,13-14,16-17,19,21-22,24-25,27,29-30,32,38,40,43-44,47H,3-4,6,8-10,12,15,18,20,23,26,28,31,33-37,39,41-42H2,1-2H3,(H,46,48)(H,49,50,51)/b7-5-,13-11-,16-14+,19-17-,22-21-,25-24-,29-27-,32-30+,40-38+. The van der Waals surface area contributed by atoms with Crippen molar-refractivity contribution >= 4 is 16.0 Å². The highest BCUT2D eigenvalue weighted by atomic mass is 32.2. The van der Waals surface area contributed by atoms with Gasteiger partial charge in [-0.15, -0.1) is 0 Å². The molecule has 0 aliphatic rings. The first kappa shape index (κ1) is 49.0. The van der Waals surface area contributed by atoms with Crippen LogP contribution in [0.2, 0.25) is 0 Å². The van der Waals surface area contributed by atoms with Gasteiger partial charge in [0.15, 0.2) is 0 Å². The summed E-state index contributed by atoms with van der Waals surface area (Å²) in [7, 11) is -4.37. The summed E-state index contributed by atoms with van der Waals surface area (Å²) in [5.74, 6) is -1.06. The van der Waals surface area contributed by atoms with Gasteiger partial charge in [-0.25, -0.2) is 0 Å². The molecule has 0 radical (unpaired) electrons. The Bertz CT molecular complexity index is 1220. The van der Waals surface area contributed by atoms with Crippen LogP contribution in [0.5, 0.6) is 0 Å². The van der Waals surface area contributed by atoms with Crippen LogP contribution >= 0.6 is 0 Å². The number of unbranched alkanes of at least 4 members (excludes halogenated alkanes) is 10. The molecule has 0 aliphatic carbocycles. The van der Waals surface area contributed by atoms with Gasteiger partial charge in [0.25, 0.3) is 10.1 Å². The maximum Gasteiger partial charge on any atom is 0.267 e. The van der Waals surface area contributed by atoms with Crippen molar-refractivity contribution in [2.45, 2.75) is 161 Å². The summed E-state index contributed by atoms with van der Waals surface area (Å²) in [5, 5.41) is 13.2. The van der Waals surface area contributed by atoms with E-state index in [0.29, 0.717) is 12.8 Å². The maximum absolute atomic E-state index is 12.5. The van der Waals surface area contributed by atoms with E-state index in [1.54, 1.807) is 6.08 Å². The van der Waals surface area contributed by atoms with Crippen LogP contribution < -0.4 is 5.32 Å². The molecule has 0 saturated carbocycles. The Hall–Kier alpha value is -3.00. The summed E-state index contributed by atoms with van der Waals surface area (Å²) >= 11 is 0. The van der Waals surface area contributed by atoms with Crippen LogP contribution in [0, 0.1) is 0 Å². The quantitative estimate of drug-likeness (QED) is 0.0346. The van der Waals surface area contributed by atoms with Crippen molar-refractivity contribution in [2.24, 2.45) is 0 Å². The van der Waals surface area contributed by atoms with Crippen LogP contribution in [0.1, 0.15) is 149 Å². The topological polar surface area (TPSA) is 104 Å². The zero-order chi connectivity index (χ0) is 38.2. The lowest BCUT2D eigenvalue weighted by molar-refractivity contribution is -0.122. The van der Waals surface area contributed by atoms with Gasteiger partial charge in [-0.3, -0.25) is 9.35 Å². The lowest BCUT2D eigenvalue weighted by Gasteiger charge is -2.21. The Morgan fingerprint density at radius 2 is 0.942 bits per heavy atom. The smallest absolute Gasteiger partial charge is 0.267 e. The number of hydrogen-bond acceptors (Lipinski definition) is 4. The third-order valence-electron chi connectivity index (χ3n) is 8.16. The number of carbonyl (C=O) groups is 1. The minimum absolute atomic E-state index is 0.247. The Morgan fingerprint density at radius 3 is 1.42 bits per heavy atom. The van der Waals surface area contributed by atoms with Crippen molar-refractivity contribution in [3.05, 3.63) is 109 Å². The van der Waals surface area contributed by atoms with E-state index in [4.69, 9.17) is 0 Å². The highest BCUT2D eigenvalue weighted by molar-refractivity contribution is 7.85. The molecule has 7 heteroatoms. The van der Waals surface area contributed by atoms with E-state index in [9.17, 15) is 22.9 Å². The SMILES string of the molecule is CC/C=C\C/C=C\C/C=C\C/C=C\C/C=C\C/C=C\CCCCCCC(=O)NC(CS(=O)(=O)O)C(O)/C=C/CC/C=C/CC/C=C/CCCCCC. The van der Waals surface area contributed by atoms with Gasteiger partial charge in [-0.05, 0) is 96.3 Å². The van der Waals surface area contributed by atoms with E-state index >= 15 is 0 Å². The molecule has 0 saturated heterocycles. The molecule has 0 bridgehead atoms. The van der Waals surface area contributed by atoms with E-state index in [0.717, 1.165) is 89.9 Å². The Balaban J connectivity index is 4.09. The predicted octanol–water partition coefficient (Wildman–Crippen LogP) is 12.0. The fourth-order valence-electron chi connectivity index (χ4n) is 5.19. The Kier molecular flexibility index (Phi) is 35.6. The molecule has 3 N–H and O–H groups in total. The highest BCUT2D eigenvalue weighted by Crippen LogP contribution is 2.09. The van der Waals surface area contributed by atoms with Crippen LogP contribution in [0.4, 0.5) is 0 Å². The number of nitrogens with one attached hydrogen (secondary N) is 1. The van der Waals surface area contributed by atoms with Crippen molar-refractivity contribution < 1.29 is 22.9 Å². The number of allylic oxidation sites excluding steroid dienone is 17. The molecule has 0 aliphatic heterocycles. The molecule has 52 heavy (non-hydrogen) atoms. The molecule has 6 nitrogen and oxygen atoms in total. The zero-order valence-electron chi connectivity index (χ0n) is 32.6. The molecule has 0 aromatic carbocycles. The molecule has 0 aromatic heterocycles. The Morgan fingerprint density at radius 1 is 0.538 bits per heavy atom. The number of rotatable bonds is 34. The van der Waals surface area contributed by atoms with E-state index in [1.165, 1.54) is 31.8 Å². The molecule has 294 valence electrons. The maximum atomic E-state index is 12.5. The van der Waals surface area contributed by atoms with E-state index in [2.05, 4.69) is 116 Å². The predicted molar refractivity (Wildman–Crippen MR) is 225 cm³/mol. The van der Waals surface area contributed by atoms with Gasteiger partial charge in [-0.1, -0.05) is 155 Å². The summed E-state index contributed by atoms with van der Waals surface area (Å²) in [6, 6.07) is -1.10. The van der Waals surface area contributed by atoms with Gasteiger partial charge >= 0.3 is 0 Å². The van der Waals surface area contributed by atoms with Crippen LogP contribution in [-0.2, 0) is 14.9 Å². The minimum Gasteiger partial charge on any atom is -0.387 e. The largest absolute Gasteiger partial charge is 0.387 e. The summed E-state index contributed by atoms with van der Waals surface area (Å²) in [4.78, 5) is 12.5. The molecular formula is C45H73NO5S. The normalized spacial score (nSPS) is 14.5. The second-order valence-corrected chi connectivity index (χ2v) is 14.7. The first-order valence-electron chi connectivity index (χ1n) is 20.1. The second kappa shape index (κ2) is 37.7. The molecule has 0 spiro atoms. The summed E-state index contributed by atoms with van der Waals surface area (Å²) in [6.07, 6.45) is 57.8.